The van der Waals surface area contributed by atoms with Gasteiger partial charge in [0.05, 0.1) is 13.5 Å². The van der Waals surface area contributed by atoms with Crippen LogP contribution in [-0.2, 0) is 23.9 Å². The molecule has 0 saturated carbocycles. The molecule has 0 rings (SSSR count). The van der Waals surface area contributed by atoms with Crippen molar-refractivity contribution in [2.75, 3.05) is 20.8 Å². The van der Waals surface area contributed by atoms with Crippen molar-refractivity contribution in [1.82, 2.24) is 5.32 Å². The zero-order valence-electron chi connectivity index (χ0n) is 8.48. The van der Waals surface area contributed by atoms with Crippen LogP contribution in [0.2, 0.25) is 0 Å². The highest BCUT2D eigenvalue weighted by atomic mass is 16.5. The van der Waals surface area contributed by atoms with Crippen molar-refractivity contribution < 1.29 is 29.0 Å². The van der Waals surface area contributed by atoms with Crippen molar-refractivity contribution in [2.45, 2.75) is 12.5 Å². The lowest BCUT2D eigenvalue weighted by molar-refractivity contribution is -0.149. The Balaban J connectivity index is 4.22. The maximum absolute atomic E-state index is 11.0. The fourth-order valence-electron chi connectivity index (χ4n) is 0.817. The number of carbonyl (C=O) groups is 3. The molecule has 0 bridgehead atoms. The molecule has 0 heterocycles. The van der Waals surface area contributed by atoms with Crippen LogP contribution in [0.5, 0.6) is 0 Å². The van der Waals surface area contributed by atoms with Gasteiger partial charge in [-0.05, 0) is 0 Å². The molecule has 0 aromatic rings. The molecule has 0 fully saturated rings. The van der Waals surface area contributed by atoms with Crippen molar-refractivity contribution in [2.24, 2.45) is 0 Å². The first-order chi connectivity index (χ1) is 7.01. The number of rotatable bonds is 6. The number of carboxylic acid groups (broad SMARTS) is 1. The van der Waals surface area contributed by atoms with Gasteiger partial charge in [-0.25, -0.2) is 4.79 Å². The zero-order chi connectivity index (χ0) is 11.8. The number of methoxy groups -OCH3 is 2. The zero-order valence-corrected chi connectivity index (χ0v) is 8.48. The summed E-state index contributed by atoms with van der Waals surface area (Å²) in [4.78, 5) is 32.4. The van der Waals surface area contributed by atoms with E-state index in [0.717, 1.165) is 7.11 Å². The number of aliphatic carboxylic acids is 1. The maximum Gasteiger partial charge on any atom is 0.326 e. The molecule has 0 aliphatic rings. The monoisotopic (exact) mass is 219 g/mol. The van der Waals surface area contributed by atoms with Gasteiger partial charge in [0.25, 0.3) is 0 Å². The number of carboxylic acids is 1. The molecule has 0 aromatic carbocycles. The van der Waals surface area contributed by atoms with Gasteiger partial charge in [-0.3, -0.25) is 9.59 Å². The SMILES string of the molecule is COCC(=O)N[C@@H](CC(=O)OC)C(=O)O. The normalized spacial score (nSPS) is 11.6. The second kappa shape index (κ2) is 6.77. The molecule has 7 heteroatoms. The van der Waals surface area contributed by atoms with E-state index in [4.69, 9.17) is 5.11 Å². The first-order valence-electron chi connectivity index (χ1n) is 4.09. The van der Waals surface area contributed by atoms with Crippen molar-refractivity contribution in [3.63, 3.8) is 0 Å². The second-order valence-corrected chi connectivity index (χ2v) is 2.67. The predicted octanol–water partition coefficient (Wildman–Crippen LogP) is -1.23. The largest absolute Gasteiger partial charge is 0.480 e. The molecule has 0 aromatic heterocycles. The number of ether oxygens (including phenoxy) is 2. The lowest BCUT2D eigenvalue weighted by Gasteiger charge is -2.12. The van der Waals surface area contributed by atoms with E-state index in [1.165, 1.54) is 7.11 Å². The average Bonchev–Trinajstić information content (AvgIpc) is 2.16. The van der Waals surface area contributed by atoms with Gasteiger partial charge in [-0.1, -0.05) is 0 Å². The van der Waals surface area contributed by atoms with Crippen LogP contribution in [-0.4, -0.2) is 49.8 Å². The molecule has 0 saturated heterocycles. The van der Waals surface area contributed by atoms with Crippen LogP contribution in [0.25, 0.3) is 0 Å². The standard InChI is InChI=1S/C8H13NO6/c1-14-4-6(10)9-5(8(12)13)3-7(11)15-2/h5H,3-4H2,1-2H3,(H,9,10)(H,12,13)/t5-/m0/s1. The summed E-state index contributed by atoms with van der Waals surface area (Å²) in [6.45, 7) is -0.259. The Kier molecular flexibility index (Phi) is 6.03. The third kappa shape index (κ3) is 5.63. The molecule has 0 aliphatic carbocycles. The number of hydrogen-bond donors (Lipinski definition) is 2. The Morgan fingerprint density at radius 2 is 1.93 bits per heavy atom. The molecule has 0 radical (unpaired) electrons. The smallest absolute Gasteiger partial charge is 0.326 e. The summed E-state index contributed by atoms with van der Waals surface area (Å²) in [5, 5.41) is 10.8. The molecule has 1 amide bonds. The molecule has 15 heavy (non-hydrogen) atoms. The van der Waals surface area contributed by atoms with Crippen LogP contribution in [0, 0.1) is 0 Å². The minimum Gasteiger partial charge on any atom is -0.480 e. The van der Waals surface area contributed by atoms with Crippen LogP contribution in [0.15, 0.2) is 0 Å². The van der Waals surface area contributed by atoms with Crippen molar-refractivity contribution >= 4 is 17.8 Å². The van der Waals surface area contributed by atoms with Gasteiger partial charge in [-0.2, -0.15) is 0 Å². The topological polar surface area (TPSA) is 102 Å². The summed E-state index contributed by atoms with van der Waals surface area (Å²) in [7, 11) is 2.44. The lowest BCUT2D eigenvalue weighted by Crippen LogP contribution is -2.43. The number of amides is 1. The van der Waals surface area contributed by atoms with E-state index in [2.05, 4.69) is 14.8 Å². The van der Waals surface area contributed by atoms with E-state index in [-0.39, 0.29) is 6.61 Å². The predicted molar refractivity (Wildman–Crippen MR) is 48.1 cm³/mol. The second-order valence-electron chi connectivity index (χ2n) is 2.67. The highest BCUT2D eigenvalue weighted by molar-refractivity contribution is 5.87. The van der Waals surface area contributed by atoms with Crippen molar-refractivity contribution in [1.29, 1.82) is 0 Å². The van der Waals surface area contributed by atoms with Gasteiger partial charge in [-0.15, -0.1) is 0 Å². The van der Waals surface area contributed by atoms with Crippen LogP contribution in [0.3, 0.4) is 0 Å². The third-order valence-corrected chi connectivity index (χ3v) is 1.51. The Morgan fingerprint density at radius 1 is 1.33 bits per heavy atom. The van der Waals surface area contributed by atoms with Crippen LogP contribution in [0.4, 0.5) is 0 Å². The van der Waals surface area contributed by atoms with E-state index in [9.17, 15) is 14.4 Å². The molecule has 0 unspecified atom stereocenters. The van der Waals surface area contributed by atoms with Crippen LogP contribution in [0.1, 0.15) is 6.42 Å². The first kappa shape index (κ1) is 13.4. The number of hydrogen-bond acceptors (Lipinski definition) is 5. The van der Waals surface area contributed by atoms with Gasteiger partial charge in [0.2, 0.25) is 5.91 Å². The van der Waals surface area contributed by atoms with E-state index in [0.29, 0.717) is 0 Å². The number of esters is 1. The maximum atomic E-state index is 11.0. The number of nitrogens with one attached hydrogen (secondary N) is 1. The molecule has 2 N–H and O–H groups in total. The Bertz CT molecular complexity index is 252. The van der Waals surface area contributed by atoms with Crippen molar-refractivity contribution in [3.8, 4) is 0 Å². The van der Waals surface area contributed by atoms with E-state index < -0.39 is 30.3 Å². The molecule has 0 aliphatic heterocycles. The fraction of sp³-hybridized carbons (Fsp3) is 0.625. The average molecular weight is 219 g/mol. The summed E-state index contributed by atoms with van der Waals surface area (Å²) in [6, 6.07) is -1.29. The lowest BCUT2D eigenvalue weighted by atomic mass is 10.2. The van der Waals surface area contributed by atoms with E-state index in [1.807, 2.05) is 0 Å². The van der Waals surface area contributed by atoms with Gasteiger partial charge in [0.15, 0.2) is 0 Å². The summed E-state index contributed by atoms with van der Waals surface area (Å²) in [5.74, 6) is -2.61. The van der Waals surface area contributed by atoms with E-state index in [1.54, 1.807) is 0 Å². The fourth-order valence-corrected chi connectivity index (χ4v) is 0.817. The van der Waals surface area contributed by atoms with Gasteiger partial charge in [0.1, 0.15) is 12.6 Å². The minimum absolute atomic E-state index is 0.259. The molecular weight excluding hydrogens is 206 g/mol. The van der Waals surface area contributed by atoms with Gasteiger partial charge >= 0.3 is 11.9 Å². The summed E-state index contributed by atoms with van der Waals surface area (Å²) < 4.78 is 8.78. The minimum atomic E-state index is -1.30. The Morgan fingerprint density at radius 3 is 2.33 bits per heavy atom. The van der Waals surface area contributed by atoms with Crippen LogP contribution >= 0.6 is 0 Å². The van der Waals surface area contributed by atoms with Gasteiger partial charge in [0, 0.05) is 7.11 Å². The Hall–Kier alpha value is -1.63. The molecular formula is C8H13NO6. The molecule has 7 nitrogen and oxygen atoms in total. The number of carbonyl (C=O) groups excluding carboxylic acids is 2. The Labute approximate surface area is 86.3 Å². The van der Waals surface area contributed by atoms with E-state index >= 15 is 0 Å². The molecule has 86 valence electrons. The molecule has 0 spiro atoms. The van der Waals surface area contributed by atoms with Crippen molar-refractivity contribution in [3.05, 3.63) is 0 Å². The highest BCUT2D eigenvalue weighted by Crippen LogP contribution is 1.95. The summed E-state index contributed by atoms with van der Waals surface area (Å²) in [6.07, 6.45) is -0.415. The summed E-state index contributed by atoms with van der Waals surface area (Å²) in [5.41, 5.74) is 0. The highest BCUT2D eigenvalue weighted by Gasteiger charge is 2.23. The first-order valence-corrected chi connectivity index (χ1v) is 4.09. The third-order valence-electron chi connectivity index (χ3n) is 1.51. The quantitative estimate of drug-likeness (QED) is 0.542. The van der Waals surface area contributed by atoms with Gasteiger partial charge < -0.3 is 19.9 Å². The van der Waals surface area contributed by atoms with Crippen LogP contribution < -0.4 is 5.32 Å². The molecule has 1 atom stereocenters. The summed E-state index contributed by atoms with van der Waals surface area (Å²) >= 11 is 0.